The molecule has 0 fully saturated rings. The molecule has 0 aromatic heterocycles. The van der Waals surface area contributed by atoms with E-state index in [0.717, 1.165) is 22.3 Å². The van der Waals surface area contributed by atoms with E-state index in [4.69, 9.17) is 0 Å². The molecule has 2 aromatic rings. The van der Waals surface area contributed by atoms with Crippen molar-refractivity contribution in [2.45, 2.75) is 47.1 Å². The molecule has 0 heterocycles. The number of nitrogens with one attached hydrogen (secondary N) is 1. The lowest BCUT2D eigenvalue weighted by Gasteiger charge is -2.31. The highest BCUT2D eigenvalue weighted by molar-refractivity contribution is 5.98. The van der Waals surface area contributed by atoms with Gasteiger partial charge >= 0.3 is 0 Å². The fourth-order valence-corrected chi connectivity index (χ4v) is 2.32. The van der Waals surface area contributed by atoms with Crippen LogP contribution in [0.25, 0.3) is 11.1 Å². The van der Waals surface area contributed by atoms with Crippen molar-refractivity contribution < 1.29 is 9.59 Å². The zero-order chi connectivity index (χ0) is 19.9. The Kier molecular flexibility index (Phi) is 7.56. The Labute approximate surface area is 156 Å². The van der Waals surface area contributed by atoms with Gasteiger partial charge in [-0.3, -0.25) is 9.59 Å². The van der Waals surface area contributed by atoms with Gasteiger partial charge in [-0.05, 0) is 49.4 Å². The number of nitrogens with two attached hydrogens (primary N) is 1. The molecule has 140 valence electrons. The Morgan fingerprint density at radius 3 is 2.04 bits per heavy atom. The summed E-state index contributed by atoms with van der Waals surface area (Å²) in [6.07, 6.45) is 0. The lowest BCUT2D eigenvalue weighted by Crippen LogP contribution is -2.47. The smallest absolute Gasteiger partial charge is 0.251 e. The topological polar surface area (TPSA) is 72.2 Å². The molecule has 0 saturated heterocycles. The molecule has 0 bridgehead atoms. The normalized spacial score (nSPS) is 10.7. The summed E-state index contributed by atoms with van der Waals surface area (Å²) in [5.41, 5.74) is 8.25. The summed E-state index contributed by atoms with van der Waals surface area (Å²) in [6.45, 7) is 11.7. The number of carbonyl (C=O) groups excluding carboxylic acids is 2. The second-order valence-electron chi connectivity index (χ2n) is 7.29. The van der Waals surface area contributed by atoms with Crippen LogP contribution in [-0.2, 0) is 4.79 Å². The monoisotopic (exact) mass is 354 g/mol. The summed E-state index contributed by atoms with van der Waals surface area (Å²) in [7, 11) is 0. The van der Waals surface area contributed by atoms with Gasteiger partial charge in [0.05, 0.1) is 0 Å². The van der Waals surface area contributed by atoms with Crippen molar-refractivity contribution in [1.29, 1.82) is 0 Å². The highest BCUT2D eigenvalue weighted by atomic mass is 16.2. The number of carbonyl (C=O) groups is 2. The summed E-state index contributed by atoms with van der Waals surface area (Å²) in [5, 5.41) is 3.15. The molecule has 26 heavy (non-hydrogen) atoms. The molecule has 0 atom stereocenters. The van der Waals surface area contributed by atoms with E-state index >= 15 is 0 Å². The molecule has 2 amide bonds. The Bertz CT molecular complexity index is 746. The van der Waals surface area contributed by atoms with Crippen molar-refractivity contribution in [3.8, 4) is 11.1 Å². The number of benzene rings is 2. The third-order valence-corrected chi connectivity index (χ3v) is 4.54. The van der Waals surface area contributed by atoms with Crippen LogP contribution in [0.1, 0.15) is 50.5 Å². The van der Waals surface area contributed by atoms with Crippen molar-refractivity contribution in [1.82, 2.24) is 5.32 Å². The molecule has 3 N–H and O–H groups in total. The van der Waals surface area contributed by atoms with Gasteiger partial charge in [-0.25, -0.2) is 0 Å². The van der Waals surface area contributed by atoms with E-state index in [9.17, 15) is 9.59 Å². The van der Waals surface area contributed by atoms with Gasteiger partial charge < -0.3 is 11.1 Å². The summed E-state index contributed by atoms with van der Waals surface area (Å²) >= 11 is 0. The SMILES string of the molecule is CC(N)=O.Cc1c(C(=O)NC(C)(C)C(C)C)cccc1-c1ccccc1. The molecule has 0 spiro atoms. The van der Waals surface area contributed by atoms with Crippen molar-refractivity contribution in [2.24, 2.45) is 11.7 Å². The van der Waals surface area contributed by atoms with Crippen LogP contribution in [0.3, 0.4) is 0 Å². The molecule has 0 saturated carbocycles. The van der Waals surface area contributed by atoms with Crippen LogP contribution in [0.5, 0.6) is 0 Å². The van der Waals surface area contributed by atoms with E-state index in [0.29, 0.717) is 5.92 Å². The number of rotatable bonds is 4. The van der Waals surface area contributed by atoms with Crippen molar-refractivity contribution in [3.05, 3.63) is 59.7 Å². The maximum atomic E-state index is 12.7. The average molecular weight is 354 g/mol. The van der Waals surface area contributed by atoms with Crippen molar-refractivity contribution in [3.63, 3.8) is 0 Å². The third-order valence-electron chi connectivity index (χ3n) is 4.54. The average Bonchev–Trinajstić information content (AvgIpc) is 2.54. The van der Waals surface area contributed by atoms with E-state index in [-0.39, 0.29) is 17.4 Å². The van der Waals surface area contributed by atoms with E-state index in [1.807, 2.05) is 37.3 Å². The number of hydrogen-bond acceptors (Lipinski definition) is 2. The molecule has 0 aliphatic heterocycles. The zero-order valence-corrected chi connectivity index (χ0v) is 16.6. The van der Waals surface area contributed by atoms with Gasteiger partial charge in [0, 0.05) is 18.0 Å². The Morgan fingerprint density at radius 2 is 1.54 bits per heavy atom. The lowest BCUT2D eigenvalue weighted by molar-refractivity contribution is -0.115. The first-order valence-electron chi connectivity index (χ1n) is 8.79. The van der Waals surface area contributed by atoms with Gasteiger partial charge in [0.1, 0.15) is 0 Å². The van der Waals surface area contributed by atoms with Gasteiger partial charge in [0.15, 0.2) is 0 Å². The minimum Gasteiger partial charge on any atom is -0.370 e. The van der Waals surface area contributed by atoms with Crippen LogP contribution in [0, 0.1) is 12.8 Å². The first-order valence-corrected chi connectivity index (χ1v) is 8.79. The lowest BCUT2D eigenvalue weighted by atomic mass is 9.89. The molecule has 4 nitrogen and oxygen atoms in total. The Hall–Kier alpha value is -2.62. The maximum absolute atomic E-state index is 12.7. The second-order valence-corrected chi connectivity index (χ2v) is 7.29. The minimum absolute atomic E-state index is 0.00557. The van der Waals surface area contributed by atoms with E-state index in [1.54, 1.807) is 0 Å². The molecular weight excluding hydrogens is 324 g/mol. The number of primary amides is 1. The van der Waals surface area contributed by atoms with Gasteiger partial charge in [-0.15, -0.1) is 0 Å². The van der Waals surface area contributed by atoms with Gasteiger partial charge in [-0.1, -0.05) is 56.3 Å². The van der Waals surface area contributed by atoms with Crippen LogP contribution in [-0.4, -0.2) is 17.4 Å². The van der Waals surface area contributed by atoms with Crippen molar-refractivity contribution in [2.75, 3.05) is 0 Å². The first kappa shape index (κ1) is 21.4. The quantitative estimate of drug-likeness (QED) is 0.858. The molecule has 0 aliphatic rings. The summed E-state index contributed by atoms with van der Waals surface area (Å²) < 4.78 is 0. The summed E-state index contributed by atoms with van der Waals surface area (Å²) in [5.74, 6) is 0.0306. The van der Waals surface area contributed by atoms with Crippen LogP contribution >= 0.6 is 0 Å². The van der Waals surface area contributed by atoms with E-state index in [1.165, 1.54) is 6.92 Å². The number of amides is 2. The van der Waals surface area contributed by atoms with Gasteiger partial charge in [0.25, 0.3) is 5.91 Å². The predicted molar refractivity (Wildman–Crippen MR) is 108 cm³/mol. The summed E-state index contributed by atoms with van der Waals surface area (Å²) in [4.78, 5) is 21.9. The fourth-order valence-electron chi connectivity index (χ4n) is 2.32. The molecular formula is C22H30N2O2. The van der Waals surface area contributed by atoms with Crippen LogP contribution in [0.15, 0.2) is 48.5 Å². The summed E-state index contributed by atoms with van der Waals surface area (Å²) in [6, 6.07) is 16.1. The highest BCUT2D eigenvalue weighted by Gasteiger charge is 2.25. The minimum atomic E-state index is -0.333. The van der Waals surface area contributed by atoms with E-state index < -0.39 is 0 Å². The van der Waals surface area contributed by atoms with Crippen LogP contribution in [0.4, 0.5) is 0 Å². The zero-order valence-electron chi connectivity index (χ0n) is 16.6. The predicted octanol–water partition coefficient (Wildman–Crippen LogP) is 4.32. The van der Waals surface area contributed by atoms with Gasteiger partial charge in [0.2, 0.25) is 5.91 Å². The standard InChI is InChI=1S/C20H25NO.C2H5NO/c1-14(2)20(4,5)21-19(22)18-13-9-12-17(15(18)3)16-10-7-6-8-11-16;1-2(3)4/h6-14H,1-5H3,(H,21,22);1H3,(H2,3,4). The third kappa shape index (κ3) is 6.03. The Morgan fingerprint density at radius 1 is 1.00 bits per heavy atom. The molecule has 4 heteroatoms. The van der Waals surface area contributed by atoms with Crippen LogP contribution in [0.2, 0.25) is 0 Å². The Balaban J connectivity index is 0.000000765. The molecule has 2 aromatic carbocycles. The molecule has 0 unspecified atom stereocenters. The van der Waals surface area contributed by atoms with Crippen LogP contribution < -0.4 is 11.1 Å². The fraction of sp³-hybridized carbons (Fsp3) is 0.364. The highest BCUT2D eigenvalue weighted by Crippen LogP contribution is 2.26. The van der Waals surface area contributed by atoms with Crippen molar-refractivity contribution >= 4 is 11.8 Å². The van der Waals surface area contributed by atoms with Gasteiger partial charge in [-0.2, -0.15) is 0 Å². The molecule has 2 rings (SSSR count). The largest absolute Gasteiger partial charge is 0.370 e. The first-order chi connectivity index (χ1) is 12.1. The molecule has 0 aliphatic carbocycles. The second kappa shape index (κ2) is 9.18. The van der Waals surface area contributed by atoms with E-state index in [2.05, 4.69) is 56.9 Å². The number of hydrogen-bond donors (Lipinski definition) is 2. The molecule has 0 radical (unpaired) electrons. The maximum Gasteiger partial charge on any atom is 0.251 e.